The lowest BCUT2D eigenvalue weighted by Gasteiger charge is -2.37. The predicted octanol–water partition coefficient (Wildman–Crippen LogP) is 1.88. The van der Waals surface area contributed by atoms with Crippen LogP contribution in [-0.2, 0) is 9.59 Å². The van der Waals surface area contributed by atoms with Crippen LogP contribution in [0.2, 0.25) is 0 Å². The number of carbonyl (C=O) groups excluding carboxylic acids is 1. The van der Waals surface area contributed by atoms with Gasteiger partial charge in [-0.15, -0.1) is 0 Å². The number of hydrogen-bond acceptors (Lipinski definition) is 3. The number of anilines is 1. The van der Waals surface area contributed by atoms with Crippen molar-refractivity contribution in [1.82, 2.24) is 5.32 Å². The molecule has 5 nitrogen and oxygen atoms in total. The first kappa shape index (κ1) is 15.5. The minimum atomic E-state index is -0.893. The number of benzene rings is 1. The molecule has 5 heteroatoms. The van der Waals surface area contributed by atoms with E-state index in [2.05, 4.69) is 5.32 Å². The molecule has 21 heavy (non-hydrogen) atoms. The van der Waals surface area contributed by atoms with E-state index in [4.69, 9.17) is 5.11 Å². The second-order valence-corrected chi connectivity index (χ2v) is 5.78. The third-order valence-corrected chi connectivity index (χ3v) is 3.98. The average molecular weight is 290 g/mol. The lowest BCUT2D eigenvalue weighted by Crippen LogP contribution is -2.51. The number of carboxylic acids is 1. The molecule has 1 aliphatic rings. The maximum atomic E-state index is 12.9. The normalized spacial score (nSPS) is 21.8. The van der Waals surface area contributed by atoms with Crippen molar-refractivity contribution >= 4 is 17.6 Å². The molecule has 2 rings (SSSR count). The van der Waals surface area contributed by atoms with E-state index in [9.17, 15) is 9.59 Å². The summed E-state index contributed by atoms with van der Waals surface area (Å²) >= 11 is 0. The Morgan fingerprint density at radius 2 is 2.05 bits per heavy atom. The molecule has 114 valence electrons. The lowest BCUT2D eigenvalue weighted by molar-refractivity contribution is -0.136. The van der Waals surface area contributed by atoms with Gasteiger partial charge in [0.05, 0.1) is 11.8 Å². The highest BCUT2D eigenvalue weighted by molar-refractivity contribution is 5.98. The number of aliphatic carboxylic acids is 1. The number of carboxylic acid groups (broad SMARTS) is 1. The van der Waals surface area contributed by atoms with Crippen molar-refractivity contribution in [2.24, 2.45) is 5.41 Å². The minimum absolute atomic E-state index is 0.00199. The molecule has 1 fully saturated rings. The molecule has 2 N–H and O–H groups in total. The molecule has 0 saturated carbocycles. The first-order chi connectivity index (χ1) is 10.0. The third kappa shape index (κ3) is 3.82. The van der Waals surface area contributed by atoms with E-state index in [1.165, 1.54) is 0 Å². The van der Waals surface area contributed by atoms with Crippen LogP contribution in [0.15, 0.2) is 30.3 Å². The maximum absolute atomic E-state index is 12.9. The van der Waals surface area contributed by atoms with Gasteiger partial charge in [0.25, 0.3) is 0 Å². The number of hydrogen-bond donors (Lipinski definition) is 2. The third-order valence-electron chi connectivity index (χ3n) is 3.98. The van der Waals surface area contributed by atoms with Crippen molar-refractivity contribution in [3.05, 3.63) is 30.3 Å². The van der Waals surface area contributed by atoms with Crippen LogP contribution in [0.3, 0.4) is 0 Å². The predicted molar refractivity (Wildman–Crippen MR) is 81.3 cm³/mol. The summed E-state index contributed by atoms with van der Waals surface area (Å²) in [6.45, 7) is 3.73. The fourth-order valence-corrected chi connectivity index (χ4v) is 2.73. The number of rotatable bonds is 5. The second-order valence-electron chi connectivity index (χ2n) is 5.78. The second kappa shape index (κ2) is 6.72. The van der Waals surface area contributed by atoms with Crippen LogP contribution in [0.4, 0.5) is 5.69 Å². The van der Waals surface area contributed by atoms with Crippen molar-refractivity contribution in [2.45, 2.75) is 26.2 Å². The number of carbonyl (C=O) groups is 2. The first-order valence-corrected chi connectivity index (χ1v) is 7.32. The number of nitrogens with zero attached hydrogens (tertiary/aromatic N) is 1. The Balaban J connectivity index is 2.21. The van der Waals surface area contributed by atoms with E-state index in [0.29, 0.717) is 6.54 Å². The highest BCUT2D eigenvalue weighted by Gasteiger charge is 2.38. The molecule has 1 heterocycles. The topological polar surface area (TPSA) is 69.6 Å². The van der Waals surface area contributed by atoms with Gasteiger partial charge in [-0.3, -0.25) is 9.59 Å². The monoisotopic (exact) mass is 290 g/mol. The molecule has 1 aromatic rings. The van der Waals surface area contributed by atoms with Crippen LogP contribution in [-0.4, -0.2) is 36.6 Å². The number of amides is 1. The summed E-state index contributed by atoms with van der Waals surface area (Å²) in [7, 11) is 0. The molecule has 1 saturated heterocycles. The van der Waals surface area contributed by atoms with Crippen molar-refractivity contribution in [3.8, 4) is 0 Å². The molecule has 0 aliphatic carbocycles. The van der Waals surface area contributed by atoms with Crippen LogP contribution in [0.5, 0.6) is 0 Å². The molecule has 0 aromatic heterocycles. The van der Waals surface area contributed by atoms with Gasteiger partial charge >= 0.3 is 5.97 Å². The summed E-state index contributed by atoms with van der Waals surface area (Å²) in [4.78, 5) is 25.4. The zero-order valence-corrected chi connectivity index (χ0v) is 12.3. The highest BCUT2D eigenvalue weighted by atomic mass is 16.4. The maximum Gasteiger partial charge on any atom is 0.305 e. The van der Waals surface area contributed by atoms with Crippen molar-refractivity contribution in [3.63, 3.8) is 0 Å². The van der Waals surface area contributed by atoms with E-state index in [1.807, 2.05) is 37.3 Å². The zero-order chi connectivity index (χ0) is 15.3. The summed E-state index contributed by atoms with van der Waals surface area (Å²) in [6.07, 6.45) is 1.74. The zero-order valence-electron chi connectivity index (χ0n) is 12.3. The Morgan fingerprint density at radius 1 is 1.33 bits per heavy atom. The fraction of sp³-hybridized carbons (Fsp3) is 0.500. The molecule has 0 spiro atoms. The molecule has 1 atom stereocenters. The first-order valence-electron chi connectivity index (χ1n) is 7.32. The van der Waals surface area contributed by atoms with Crippen LogP contribution >= 0.6 is 0 Å². The molecule has 0 bridgehead atoms. The van der Waals surface area contributed by atoms with Crippen LogP contribution in [0.25, 0.3) is 0 Å². The van der Waals surface area contributed by atoms with Crippen LogP contribution in [0, 0.1) is 5.41 Å². The molecular formula is C16H22N2O3. The van der Waals surface area contributed by atoms with E-state index >= 15 is 0 Å². The van der Waals surface area contributed by atoms with Gasteiger partial charge in [-0.25, -0.2) is 0 Å². The van der Waals surface area contributed by atoms with Gasteiger partial charge in [0.1, 0.15) is 0 Å². The van der Waals surface area contributed by atoms with Gasteiger partial charge in [0.15, 0.2) is 0 Å². The van der Waals surface area contributed by atoms with Gasteiger partial charge in [0, 0.05) is 18.8 Å². The van der Waals surface area contributed by atoms with Gasteiger partial charge < -0.3 is 15.3 Å². The Kier molecular flexibility index (Phi) is 4.96. The summed E-state index contributed by atoms with van der Waals surface area (Å²) in [5.74, 6) is -0.891. The molecule has 1 aliphatic heterocycles. The number of para-hydroxylation sites is 1. The summed E-state index contributed by atoms with van der Waals surface area (Å²) in [5.41, 5.74) is 0.294. The largest absolute Gasteiger partial charge is 0.481 e. The molecular weight excluding hydrogens is 268 g/mol. The average Bonchev–Trinajstić information content (AvgIpc) is 2.49. The lowest BCUT2D eigenvalue weighted by atomic mass is 9.81. The summed E-state index contributed by atoms with van der Waals surface area (Å²) in [5, 5.41) is 12.2. The SMILES string of the molecule is CC1(C(=O)N(CCC(=O)O)c2ccccc2)CCCNC1. The quantitative estimate of drug-likeness (QED) is 0.869. The standard InChI is InChI=1S/C16H22N2O3/c1-16(9-5-10-17-12-16)15(21)18(11-8-14(19)20)13-6-3-2-4-7-13/h2-4,6-7,17H,5,8-12H2,1H3,(H,19,20). The van der Waals surface area contributed by atoms with Crippen molar-refractivity contribution in [2.75, 3.05) is 24.5 Å². The van der Waals surface area contributed by atoms with E-state index < -0.39 is 11.4 Å². The van der Waals surface area contributed by atoms with Gasteiger partial charge in [-0.05, 0) is 38.4 Å². The van der Waals surface area contributed by atoms with Crippen LogP contribution < -0.4 is 10.2 Å². The van der Waals surface area contributed by atoms with Crippen molar-refractivity contribution in [1.29, 1.82) is 0 Å². The molecule has 0 radical (unpaired) electrons. The Bertz CT molecular complexity index is 496. The van der Waals surface area contributed by atoms with Gasteiger partial charge in [0.2, 0.25) is 5.91 Å². The van der Waals surface area contributed by atoms with Crippen LogP contribution in [0.1, 0.15) is 26.2 Å². The molecule has 1 amide bonds. The Morgan fingerprint density at radius 3 is 2.62 bits per heavy atom. The molecule has 1 unspecified atom stereocenters. The minimum Gasteiger partial charge on any atom is -0.481 e. The van der Waals surface area contributed by atoms with Gasteiger partial charge in [-0.1, -0.05) is 18.2 Å². The summed E-state index contributed by atoms with van der Waals surface area (Å²) < 4.78 is 0. The number of nitrogens with one attached hydrogen (secondary N) is 1. The number of piperidine rings is 1. The van der Waals surface area contributed by atoms with E-state index in [0.717, 1.165) is 25.1 Å². The van der Waals surface area contributed by atoms with Gasteiger partial charge in [-0.2, -0.15) is 0 Å². The highest BCUT2D eigenvalue weighted by Crippen LogP contribution is 2.30. The molecule has 1 aromatic carbocycles. The fourth-order valence-electron chi connectivity index (χ4n) is 2.73. The van der Waals surface area contributed by atoms with E-state index in [-0.39, 0.29) is 18.9 Å². The Hall–Kier alpha value is -1.88. The van der Waals surface area contributed by atoms with E-state index in [1.54, 1.807) is 4.90 Å². The summed E-state index contributed by atoms with van der Waals surface area (Å²) in [6, 6.07) is 9.29. The Labute approximate surface area is 125 Å². The smallest absolute Gasteiger partial charge is 0.305 e. The van der Waals surface area contributed by atoms with Crippen molar-refractivity contribution < 1.29 is 14.7 Å².